The molecule has 0 saturated heterocycles. The van der Waals surface area contributed by atoms with Crippen molar-refractivity contribution in [2.75, 3.05) is 6.61 Å². The zero-order valence-electron chi connectivity index (χ0n) is 11.6. The van der Waals surface area contributed by atoms with Crippen LogP contribution in [0.2, 0.25) is 0 Å². The van der Waals surface area contributed by atoms with E-state index in [-0.39, 0.29) is 11.9 Å². The first kappa shape index (κ1) is 13.8. The molecule has 0 aromatic carbocycles. The number of ether oxygens (including phenoxy) is 1. The van der Waals surface area contributed by atoms with Crippen LogP contribution in [0.25, 0.3) is 6.08 Å². The van der Waals surface area contributed by atoms with Gasteiger partial charge in [-0.1, -0.05) is 6.08 Å². The van der Waals surface area contributed by atoms with Gasteiger partial charge < -0.3 is 9.15 Å². The van der Waals surface area contributed by atoms with E-state index in [1.54, 1.807) is 13.0 Å². The highest BCUT2D eigenvalue weighted by Crippen LogP contribution is 2.30. The number of hydrogen-bond donors (Lipinski definition) is 0. The van der Waals surface area contributed by atoms with Gasteiger partial charge in [-0.05, 0) is 50.8 Å². The number of carbonyl (C=O) groups is 1. The summed E-state index contributed by atoms with van der Waals surface area (Å²) in [6.07, 6.45) is 7.13. The first-order valence-corrected chi connectivity index (χ1v) is 6.66. The Kier molecular flexibility index (Phi) is 4.38. The Balaban J connectivity index is 2.17. The summed E-state index contributed by atoms with van der Waals surface area (Å²) in [6, 6.07) is 1.81. The molecule has 0 radical (unpaired) electrons. The maximum absolute atomic E-state index is 11.4. The number of ketones is 1. The van der Waals surface area contributed by atoms with Crippen molar-refractivity contribution in [3.8, 4) is 0 Å². The number of rotatable bonds is 5. The average Bonchev–Trinajstić information content (AvgIpc) is 2.94. The topological polar surface area (TPSA) is 39.4 Å². The van der Waals surface area contributed by atoms with Crippen LogP contribution in [0, 0.1) is 6.92 Å². The third-order valence-corrected chi connectivity index (χ3v) is 3.40. The van der Waals surface area contributed by atoms with Gasteiger partial charge in [0.15, 0.2) is 5.78 Å². The maximum atomic E-state index is 11.4. The van der Waals surface area contributed by atoms with Crippen molar-refractivity contribution >= 4 is 11.9 Å². The molecule has 3 heteroatoms. The van der Waals surface area contributed by atoms with Crippen LogP contribution < -0.4 is 0 Å². The lowest BCUT2D eigenvalue weighted by Crippen LogP contribution is -2.09. The Morgan fingerprint density at radius 3 is 3.05 bits per heavy atom. The second kappa shape index (κ2) is 6.02. The molecule has 102 valence electrons. The highest BCUT2D eigenvalue weighted by Gasteiger charge is 2.22. The lowest BCUT2D eigenvalue weighted by molar-refractivity contribution is 0.101. The summed E-state index contributed by atoms with van der Waals surface area (Å²) in [6.45, 7) is 7.61. The fourth-order valence-corrected chi connectivity index (χ4v) is 2.49. The number of carbonyl (C=O) groups excluding carboxylic acids is 1. The Morgan fingerprint density at radius 1 is 1.63 bits per heavy atom. The summed E-state index contributed by atoms with van der Waals surface area (Å²) in [4.78, 5) is 11.4. The molecule has 1 atom stereocenters. The molecule has 0 bridgehead atoms. The van der Waals surface area contributed by atoms with Gasteiger partial charge in [0.25, 0.3) is 0 Å². The van der Waals surface area contributed by atoms with Gasteiger partial charge in [0.05, 0.1) is 18.3 Å². The van der Waals surface area contributed by atoms with Gasteiger partial charge in [0.1, 0.15) is 11.5 Å². The minimum atomic E-state index is 0.0387. The molecule has 1 aromatic heterocycles. The van der Waals surface area contributed by atoms with Crippen LogP contribution in [0.5, 0.6) is 0 Å². The van der Waals surface area contributed by atoms with E-state index in [4.69, 9.17) is 9.15 Å². The molecule has 0 amide bonds. The van der Waals surface area contributed by atoms with Gasteiger partial charge in [-0.2, -0.15) is 0 Å². The van der Waals surface area contributed by atoms with Gasteiger partial charge >= 0.3 is 0 Å². The molecule has 1 saturated carbocycles. The average molecular weight is 260 g/mol. The summed E-state index contributed by atoms with van der Waals surface area (Å²) in [5.74, 6) is 1.46. The van der Waals surface area contributed by atoms with Crippen LogP contribution in [0.4, 0.5) is 0 Å². The smallest absolute Gasteiger partial charge is 0.163 e. The Labute approximate surface area is 113 Å². The van der Waals surface area contributed by atoms with Crippen LogP contribution in [-0.2, 0) is 4.74 Å². The lowest BCUT2D eigenvalue weighted by Gasteiger charge is -2.11. The molecule has 1 heterocycles. The monoisotopic (exact) mass is 260 g/mol. The zero-order valence-corrected chi connectivity index (χ0v) is 11.6. The minimum Gasteiger partial charge on any atom is -0.461 e. The predicted octanol–water partition coefficient (Wildman–Crippen LogP) is 3.93. The molecular weight excluding hydrogens is 240 g/mol. The van der Waals surface area contributed by atoms with Crippen LogP contribution >= 0.6 is 0 Å². The molecule has 1 aromatic rings. The van der Waals surface area contributed by atoms with Gasteiger partial charge in [-0.15, -0.1) is 6.58 Å². The third kappa shape index (κ3) is 3.24. The largest absolute Gasteiger partial charge is 0.461 e. The fraction of sp³-hybridized carbons (Fsp3) is 0.438. The van der Waals surface area contributed by atoms with E-state index in [2.05, 4.69) is 6.58 Å². The second-order valence-electron chi connectivity index (χ2n) is 4.90. The van der Waals surface area contributed by atoms with Crippen molar-refractivity contribution in [1.82, 2.24) is 0 Å². The van der Waals surface area contributed by atoms with Gasteiger partial charge in [0, 0.05) is 0 Å². The molecule has 0 N–H and O–H groups in total. The van der Waals surface area contributed by atoms with Crippen molar-refractivity contribution in [1.29, 1.82) is 0 Å². The molecule has 2 rings (SSSR count). The quantitative estimate of drug-likeness (QED) is 0.595. The normalized spacial score (nSPS) is 20.9. The first-order chi connectivity index (χ1) is 9.11. The fourth-order valence-electron chi connectivity index (χ4n) is 2.49. The number of hydrogen-bond acceptors (Lipinski definition) is 3. The van der Waals surface area contributed by atoms with E-state index in [0.717, 1.165) is 25.0 Å². The lowest BCUT2D eigenvalue weighted by atomic mass is 10.1. The van der Waals surface area contributed by atoms with Crippen LogP contribution in [-0.4, -0.2) is 18.5 Å². The van der Waals surface area contributed by atoms with E-state index < -0.39 is 0 Å². The summed E-state index contributed by atoms with van der Waals surface area (Å²) < 4.78 is 11.3. The molecule has 1 aliphatic rings. The van der Waals surface area contributed by atoms with Crippen molar-refractivity contribution in [3.63, 3.8) is 0 Å². The van der Waals surface area contributed by atoms with E-state index in [9.17, 15) is 4.79 Å². The highest BCUT2D eigenvalue weighted by atomic mass is 16.5. The van der Waals surface area contributed by atoms with Crippen LogP contribution in [0.3, 0.4) is 0 Å². The van der Waals surface area contributed by atoms with Crippen molar-refractivity contribution < 1.29 is 13.9 Å². The maximum Gasteiger partial charge on any atom is 0.163 e. The van der Waals surface area contributed by atoms with Crippen LogP contribution in [0.1, 0.15) is 48.1 Å². The van der Waals surface area contributed by atoms with Crippen molar-refractivity contribution in [2.45, 2.75) is 39.2 Å². The van der Waals surface area contributed by atoms with Crippen LogP contribution in [0.15, 0.2) is 28.7 Å². The number of furan rings is 1. The molecule has 1 fully saturated rings. The summed E-state index contributed by atoms with van der Waals surface area (Å²) in [7, 11) is 0. The zero-order chi connectivity index (χ0) is 13.8. The Bertz CT molecular complexity index is 508. The van der Waals surface area contributed by atoms with Crippen molar-refractivity contribution in [2.24, 2.45) is 0 Å². The molecule has 0 spiro atoms. The first-order valence-electron chi connectivity index (χ1n) is 6.66. The summed E-state index contributed by atoms with van der Waals surface area (Å²) >= 11 is 0. The van der Waals surface area contributed by atoms with E-state index in [1.807, 2.05) is 19.1 Å². The molecule has 1 aliphatic carbocycles. The molecule has 19 heavy (non-hydrogen) atoms. The van der Waals surface area contributed by atoms with Crippen molar-refractivity contribution in [3.05, 3.63) is 41.4 Å². The number of Topliss-reactive ketones (excluding diaryl/α,β-unsaturated/α-hetero) is 1. The van der Waals surface area contributed by atoms with Gasteiger partial charge in [0.2, 0.25) is 0 Å². The summed E-state index contributed by atoms with van der Waals surface area (Å²) in [5, 5.41) is 0. The molecule has 0 aliphatic heterocycles. The molecule has 1 unspecified atom stereocenters. The SMILES string of the molecule is C=CCOC1CCC/C1=C/c1cc(C(C)=O)c(C)o1. The molecule has 3 nitrogen and oxygen atoms in total. The second-order valence-corrected chi connectivity index (χ2v) is 4.90. The van der Waals surface area contributed by atoms with E-state index in [0.29, 0.717) is 17.9 Å². The Hall–Kier alpha value is -1.61. The van der Waals surface area contributed by atoms with E-state index >= 15 is 0 Å². The summed E-state index contributed by atoms with van der Waals surface area (Å²) in [5.41, 5.74) is 1.90. The van der Waals surface area contributed by atoms with E-state index in [1.165, 1.54) is 5.57 Å². The Morgan fingerprint density at radius 2 is 2.42 bits per heavy atom. The highest BCUT2D eigenvalue weighted by molar-refractivity contribution is 5.95. The molecular formula is C16H20O3. The van der Waals surface area contributed by atoms with Gasteiger partial charge in [-0.25, -0.2) is 0 Å². The minimum absolute atomic E-state index is 0.0387. The van der Waals surface area contributed by atoms with Gasteiger partial charge in [-0.3, -0.25) is 4.79 Å². The standard InChI is InChI=1S/C16H20O3/c1-4-8-18-16-7-5-6-13(16)9-14-10-15(11(2)17)12(3)19-14/h4,9-10,16H,1,5-8H2,2-3H3/b13-9-. The number of aryl methyl sites for hydroxylation is 1. The third-order valence-electron chi connectivity index (χ3n) is 3.40. The predicted molar refractivity (Wildman–Crippen MR) is 75.2 cm³/mol.